The molecule has 0 saturated heterocycles. The Labute approximate surface area is 110 Å². The van der Waals surface area contributed by atoms with Gasteiger partial charge in [-0.15, -0.1) is 0 Å². The highest BCUT2D eigenvalue weighted by Gasteiger charge is 2.28. The van der Waals surface area contributed by atoms with E-state index in [2.05, 4.69) is 51.1 Å². The largest absolute Gasteiger partial charge is 0.350 e. The molecule has 1 fully saturated rings. The third-order valence-electron chi connectivity index (χ3n) is 2.98. The number of anilines is 1. The van der Waals surface area contributed by atoms with Crippen LogP contribution in [0.15, 0.2) is 0 Å². The first-order chi connectivity index (χ1) is 7.56. The highest BCUT2D eigenvalue weighted by atomic mass is 79.9. The lowest BCUT2D eigenvalue weighted by Gasteiger charge is -2.34. The van der Waals surface area contributed by atoms with E-state index in [1.165, 1.54) is 24.4 Å². The minimum absolute atomic E-state index is 0.425. The van der Waals surface area contributed by atoms with Crippen LogP contribution in [0.2, 0.25) is 0 Å². The lowest BCUT2D eigenvalue weighted by atomic mass is 9.85. The van der Waals surface area contributed by atoms with Crippen LogP contribution in [-0.2, 0) is 0 Å². The molecule has 1 heterocycles. The Bertz CT molecular complexity index is 347. The number of alkyl halides is 1. The molecule has 0 bridgehead atoms. The molecule has 0 amide bonds. The molecule has 1 aromatic rings. The van der Waals surface area contributed by atoms with E-state index in [-0.39, 0.29) is 0 Å². The molecule has 0 N–H and O–H groups in total. The van der Waals surface area contributed by atoms with Crippen molar-refractivity contribution in [1.29, 1.82) is 0 Å². The SMILES string of the molecule is CC(C)c1nsc(N(C)CC2CC(Br)C2)n1. The molecule has 5 heteroatoms. The summed E-state index contributed by atoms with van der Waals surface area (Å²) in [7, 11) is 2.12. The normalized spacial score (nSPS) is 24.6. The summed E-state index contributed by atoms with van der Waals surface area (Å²) in [6.45, 7) is 5.37. The smallest absolute Gasteiger partial charge is 0.204 e. The van der Waals surface area contributed by atoms with Gasteiger partial charge < -0.3 is 4.90 Å². The summed E-state index contributed by atoms with van der Waals surface area (Å²) in [5.74, 6) is 2.22. The van der Waals surface area contributed by atoms with Gasteiger partial charge in [-0.05, 0) is 18.8 Å². The number of halogens is 1. The molecule has 3 nitrogen and oxygen atoms in total. The summed E-state index contributed by atoms with van der Waals surface area (Å²) in [6, 6.07) is 0. The fraction of sp³-hybridized carbons (Fsp3) is 0.818. The fourth-order valence-corrected chi connectivity index (χ4v) is 3.72. The van der Waals surface area contributed by atoms with E-state index in [4.69, 9.17) is 0 Å². The van der Waals surface area contributed by atoms with Gasteiger partial charge in [0, 0.05) is 35.9 Å². The van der Waals surface area contributed by atoms with Crippen LogP contribution in [0.4, 0.5) is 5.13 Å². The first-order valence-corrected chi connectivity index (χ1v) is 7.44. The molecule has 1 aliphatic rings. The minimum Gasteiger partial charge on any atom is -0.350 e. The van der Waals surface area contributed by atoms with Gasteiger partial charge in [-0.2, -0.15) is 4.37 Å². The minimum atomic E-state index is 0.425. The topological polar surface area (TPSA) is 29.0 Å². The molecular weight excluding hydrogens is 286 g/mol. The molecule has 0 aromatic carbocycles. The van der Waals surface area contributed by atoms with Crippen LogP contribution in [-0.4, -0.2) is 27.8 Å². The average molecular weight is 304 g/mol. The monoisotopic (exact) mass is 303 g/mol. The van der Waals surface area contributed by atoms with Crippen LogP contribution < -0.4 is 4.90 Å². The van der Waals surface area contributed by atoms with Crippen LogP contribution in [0.1, 0.15) is 38.4 Å². The first-order valence-electron chi connectivity index (χ1n) is 5.75. The molecule has 1 aromatic heterocycles. The zero-order valence-electron chi connectivity index (χ0n) is 9.98. The summed E-state index contributed by atoms with van der Waals surface area (Å²) in [5, 5.41) is 1.06. The van der Waals surface area contributed by atoms with E-state index in [1.807, 2.05) is 0 Å². The van der Waals surface area contributed by atoms with Gasteiger partial charge in [-0.1, -0.05) is 29.8 Å². The van der Waals surface area contributed by atoms with Gasteiger partial charge in [0.1, 0.15) is 5.82 Å². The lowest BCUT2D eigenvalue weighted by Crippen LogP contribution is -2.34. The predicted molar refractivity (Wildman–Crippen MR) is 72.7 cm³/mol. The van der Waals surface area contributed by atoms with Gasteiger partial charge in [0.25, 0.3) is 0 Å². The molecule has 1 saturated carbocycles. The molecule has 16 heavy (non-hydrogen) atoms. The zero-order chi connectivity index (χ0) is 11.7. The molecule has 0 unspecified atom stereocenters. The Balaban J connectivity index is 1.90. The van der Waals surface area contributed by atoms with Crippen molar-refractivity contribution in [3.63, 3.8) is 0 Å². The molecular formula is C11H18BrN3S. The van der Waals surface area contributed by atoms with E-state index in [0.717, 1.165) is 28.2 Å². The number of hydrogen-bond donors (Lipinski definition) is 0. The molecule has 0 radical (unpaired) electrons. The first kappa shape index (κ1) is 12.3. The quantitative estimate of drug-likeness (QED) is 0.799. The predicted octanol–water partition coefficient (Wildman–Crippen LogP) is 3.27. The molecule has 0 aliphatic heterocycles. The molecule has 0 atom stereocenters. The second-order valence-electron chi connectivity index (χ2n) is 4.91. The van der Waals surface area contributed by atoms with E-state index in [0.29, 0.717) is 5.92 Å². The maximum absolute atomic E-state index is 4.56. The van der Waals surface area contributed by atoms with Gasteiger partial charge in [0.05, 0.1) is 0 Å². The summed E-state index contributed by atoms with van der Waals surface area (Å²) in [5.41, 5.74) is 0. The van der Waals surface area contributed by atoms with Crippen molar-refractivity contribution in [2.45, 2.75) is 37.4 Å². The molecule has 0 spiro atoms. The Hall–Kier alpha value is -0.160. The Morgan fingerprint density at radius 2 is 2.19 bits per heavy atom. The highest BCUT2D eigenvalue weighted by Crippen LogP contribution is 2.34. The summed E-state index contributed by atoms with van der Waals surface area (Å²) >= 11 is 5.14. The standard InChI is InChI=1S/C11H18BrN3S/c1-7(2)10-13-11(16-14-10)15(3)6-8-4-9(12)5-8/h7-9H,4-6H2,1-3H3. The van der Waals surface area contributed by atoms with Crippen molar-refractivity contribution in [2.75, 3.05) is 18.5 Å². The maximum atomic E-state index is 4.56. The number of rotatable bonds is 4. The van der Waals surface area contributed by atoms with Gasteiger partial charge in [-0.25, -0.2) is 4.98 Å². The van der Waals surface area contributed by atoms with Crippen molar-refractivity contribution in [1.82, 2.24) is 9.36 Å². The van der Waals surface area contributed by atoms with Gasteiger partial charge in [-0.3, -0.25) is 0 Å². The van der Waals surface area contributed by atoms with E-state index in [1.54, 1.807) is 0 Å². The van der Waals surface area contributed by atoms with Crippen LogP contribution in [0.5, 0.6) is 0 Å². The van der Waals surface area contributed by atoms with Gasteiger partial charge in [0.15, 0.2) is 0 Å². The van der Waals surface area contributed by atoms with Crippen molar-refractivity contribution < 1.29 is 0 Å². The summed E-state index contributed by atoms with van der Waals surface area (Å²) in [6.07, 6.45) is 2.58. The number of nitrogens with zero attached hydrogens (tertiary/aromatic N) is 3. The molecule has 1 aliphatic carbocycles. The van der Waals surface area contributed by atoms with E-state index < -0.39 is 0 Å². The second-order valence-corrected chi connectivity index (χ2v) is 6.93. The van der Waals surface area contributed by atoms with Gasteiger partial charge >= 0.3 is 0 Å². The number of aromatic nitrogens is 2. The van der Waals surface area contributed by atoms with Crippen LogP contribution in [0.3, 0.4) is 0 Å². The summed E-state index contributed by atoms with van der Waals surface area (Å²) < 4.78 is 4.38. The maximum Gasteiger partial charge on any atom is 0.204 e. The summed E-state index contributed by atoms with van der Waals surface area (Å²) in [4.78, 5) is 7.55. The molecule has 2 rings (SSSR count). The Kier molecular flexibility index (Phi) is 3.85. The molecule has 90 valence electrons. The lowest BCUT2D eigenvalue weighted by molar-refractivity contribution is 0.339. The second kappa shape index (κ2) is 5.00. The van der Waals surface area contributed by atoms with Crippen LogP contribution >= 0.6 is 27.5 Å². The van der Waals surface area contributed by atoms with Crippen molar-refractivity contribution in [3.05, 3.63) is 5.82 Å². The number of hydrogen-bond acceptors (Lipinski definition) is 4. The zero-order valence-corrected chi connectivity index (χ0v) is 12.4. The fourth-order valence-electron chi connectivity index (χ4n) is 1.88. The van der Waals surface area contributed by atoms with Crippen molar-refractivity contribution in [3.8, 4) is 0 Å². The van der Waals surface area contributed by atoms with Gasteiger partial charge in [0.2, 0.25) is 5.13 Å². The van der Waals surface area contributed by atoms with Crippen LogP contribution in [0, 0.1) is 5.92 Å². The van der Waals surface area contributed by atoms with Crippen molar-refractivity contribution in [2.24, 2.45) is 5.92 Å². The van der Waals surface area contributed by atoms with Crippen molar-refractivity contribution >= 4 is 32.6 Å². The van der Waals surface area contributed by atoms with Crippen LogP contribution in [0.25, 0.3) is 0 Å². The Morgan fingerprint density at radius 1 is 1.50 bits per heavy atom. The Morgan fingerprint density at radius 3 is 2.69 bits per heavy atom. The van der Waals surface area contributed by atoms with E-state index >= 15 is 0 Å². The highest BCUT2D eigenvalue weighted by molar-refractivity contribution is 9.09. The third kappa shape index (κ3) is 2.74. The third-order valence-corrected chi connectivity index (χ3v) is 4.58. The average Bonchev–Trinajstić information content (AvgIpc) is 2.63. The van der Waals surface area contributed by atoms with E-state index in [9.17, 15) is 0 Å².